The van der Waals surface area contributed by atoms with E-state index in [4.69, 9.17) is 4.74 Å². The molecule has 4 nitrogen and oxygen atoms in total. The Bertz CT molecular complexity index is 533. The molecule has 0 saturated carbocycles. The average molecular weight is 332 g/mol. The third kappa shape index (κ3) is 5.33. The highest BCUT2D eigenvalue weighted by Crippen LogP contribution is 2.35. The fourth-order valence-electron chi connectivity index (χ4n) is 2.10. The predicted octanol–water partition coefficient (Wildman–Crippen LogP) is 4.76. The molecule has 0 aliphatic rings. The Hall–Kier alpha value is -1.92. The molecule has 23 heavy (non-hydrogen) atoms. The van der Waals surface area contributed by atoms with Crippen LogP contribution in [-0.4, -0.2) is 30.6 Å². The first-order valence-corrected chi connectivity index (χ1v) is 7.58. The van der Waals surface area contributed by atoms with Gasteiger partial charge < -0.3 is 15.0 Å². The van der Waals surface area contributed by atoms with Crippen molar-refractivity contribution in [1.82, 2.24) is 4.90 Å². The van der Waals surface area contributed by atoms with Gasteiger partial charge >= 0.3 is 12.2 Å². The van der Waals surface area contributed by atoms with E-state index in [9.17, 15) is 18.0 Å². The molecule has 1 N–H and O–H groups in total. The first kappa shape index (κ1) is 19.1. The molecule has 2 amide bonds. The standard InChI is InChI=1S/C16H23F3N2O2/c1-5-7-11(3)21(4)15(22)20-13-10-12(16(17,18)19)8-9-14(13)23-6-2/h8-11H,5-7H2,1-4H3,(H,20,22)/t11-/m0/s1. The summed E-state index contributed by atoms with van der Waals surface area (Å²) in [6.07, 6.45) is -2.76. The van der Waals surface area contributed by atoms with Crippen LogP contribution in [-0.2, 0) is 6.18 Å². The number of benzene rings is 1. The molecule has 0 heterocycles. The van der Waals surface area contributed by atoms with Gasteiger partial charge in [-0.25, -0.2) is 4.79 Å². The zero-order chi connectivity index (χ0) is 17.6. The molecule has 0 unspecified atom stereocenters. The first-order chi connectivity index (χ1) is 10.7. The fourth-order valence-corrected chi connectivity index (χ4v) is 2.10. The number of halogens is 3. The van der Waals surface area contributed by atoms with Crippen LogP contribution in [0.1, 0.15) is 39.2 Å². The van der Waals surface area contributed by atoms with Crippen LogP contribution in [0.2, 0.25) is 0 Å². The number of hydrogen-bond donors (Lipinski definition) is 1. The predicted molar refractivity (Wildman–Crippen MR) is 83.8 cm³/mol. The number of alkyl halides is 3. The quantitative estimate of drug-likeness (QED) is 0.816. The largest absolute Gasteiger partial charge is 0.492 e. The summed E-state index contributed by atoms with van der Waals surface area (Å²) in [6, 6.07) is 2.57. The smallest absolute Gasteiger partial charge is 0.416 e. The third-order valence-corrected chi connectivity index (χ3v) is 3.54. The maximum absolute atomic E-state index is 12.8. The topological polar surface area (TPSA) is 41.6 Å². The van der Waals surface area contributed by atoms with Crippen LogP contribution in [0.5, 0.6) is 5.75 Å². The first-order valence-electron chi connectivity index (χ1n) is 7.58. The van der Waals surface area contributed by atoms with E-state index in [1.54, 1.807) is 14.0 Å². The summed E-state index contributed by atoms with van der Waals surface area (Å²) in [5.74, 6) is 0.213. The molecule has 0 spiro atoms. The summed E-state index contributed by atoms with van der Waals surface area (Å²) in [5.41, 5.74) is -0.817. The molecular weight excluding hydrogens is 309 g/mol. The third-order valence-electron chi connectivity index (χ3n) is 3.54. The van der Waals surface area contributed by atoms with Gasteiger partial charge in [0.1, 0.15) is 5.75 Å². The molecule has 1 atom stereocenters. The Morgan fingerprint density at radius 3 is 2.52 bits per heavy atom. The Kier molecular flexibility index (Phi) is 6.72. The average Bonchev–Trinajstić information content (AvgIpc) is 2.47. The van der Waals surface area contributed by atoms with Crippen LogP contribution >= 0.6 is 0 Å². The molecule has 0 radical (unpaired) electrons. The highest BCUT2D eigenvalue weighted by molar-refractivity contribution is 5.91. The number of ether oxygens (including phenoxy) is 1. The number of nitrogens with zero attached hydrogens (tertiary/aromatic N) is 1. The van der Waals surface area contributed by atoms with Gasteiger partial charge in [0.25, 0.3) is 0 Å². The summed E-state index contributed by atoms with van der Waals surface area (Å²) in [7, 11) is 1.61. The van der Waals surface area contributed by atoms with Gasteiger partial charge in [-0.1, -0.05) is 13.3 Å². The summed E-state index contributed by atoms with van der Waals surface area (Å²) < 4.78 is 43.8. The lowest BCUT2D eigenvalue weighted by atomic mass is 10.1. The molecular formula is C16H23F3N2O2. The second-order valence-corrected chi connectivity index (χ2v) is 5.32. The van der Waals surface area contributed by atoms with Crippen molar-refractivity contribution in [3.63, 3.8) is 0 Å². The summed E-state index contributed by atoms with van der Waals surface area (Å²) in [6.45, 7) is 5.90. The van der Waals surface area contributed by atoms with Gasteiger partial charge in [-0.2, -0.15) is 13.2 Å². The zero-order valence-electron chi connectivity index (χ0n) is 13.8. The molecule has 1 aromatic carbocycles. The number of carbonyl (C=O) groups excluding carboxylic acids is 1. The van der Waals surface area contributed by atoms with E-state index in [1.807, 2.05) is 13.8 Å². The van der Waals surface area contributed by atoms with Crippen molar-refractivity contribution in [3.8, 4) is 5.75 Å². The molecule has 0 aromatic heterocycles. The monoisotopic (exact) mass is 332 g/mol. The van der Waals surface area contributed by atoms with Crippen molar-refractivity contribution in [3.05, 3.63) is 23.8 Å². The van der Waals surface area contributed by atoms with Crippen molar-refractivity contribution in [2.45, 2.75) is 45.8 Å². The van der Waals surface area contributed by atoms with Gasteiger partial charge in [0, 0.05) is 13.1 Å². The zero-order valence-corrected chi connectivity index (χ0v) is 13.8. The SMILES string of the molecule is CCC[C@H](C)N(C)C(=O)Nc1cc(C(F)(F)F)ccc1OCC. The van der Waals surface area contributed by atoms with Crippen LogP contribution in [0.4, 0.5) is 23.7 Å². The van der Waals surface area contributed by atoms with Crippen LogP contribution in [0, 0.1) is 0 Å². The second kappa shape index (κ2) is 8.08. The molecule has 0 fully saturated rings. The summed E-state index contributed by atoms with van der Waals surface area (Å²) in [5, 5.41) is 2.51. The van der Waals surface area contributed by atoms with Gasteiger partial charge in [-0.15, -0.1) is 0 Å². The van der Waals surface area contributed by atoms with E-state index in [0.29, 0.717) is 0 Å². The molecule has 1 aromatic rings. The Balaban J connectivity index is 3.02. The highest BCUT2D eigenvalue weighted by atomic mass is 19.4. The lowest BCUT2D eigenvalue weighted by Crippen LogP contribution is -2.38. The second-order valence-electron chi connectivity index (χ2n) is 5.32. The van der Waals surface area contributed by atoms with Gasteiger partial charge in [0.2, 0.25) is 0 Å². The van der Waals surface area contributed by atoms with E-state index >= 15 is 0 Å². The van der Waals surface area contributed by atoms with Gasteiger partial charge in [-0.05, 0) is 38.5 Å². The van der Waals surface area contributed by atoms with Crippen molar-refractivity contribution < 1.29 is 22.7 Å². The maximum atomic E-state index is 12.8. The molecule has 0 aliphatic carbocycles. The van der Waals surface area contributed by atoms with Crippen LogP contribution in [0.25, 0.3) is 0 Å². The van der Waals surface area contributed by atoms with Crippen LogP contribution in [0.15, 0.2) is 18.2 Å². The van der Waals surface area contributed by atoms with Gasteiger partial charge in [0.05, 0.1) is 17.9 Å². The highest BCUT2D eigenvalue weighted by Gasteiger charge is 2.31. The Morgan fingerprint density at radius 1 is 1.35 bits per heavy atom. The molecule has 1 rings (SSSR count). The van der Waals surface area contributed by atoms with Crippen molar-refractivity contribution in [2.24, 2.45) is 0 Å². The van der Waals surface area contributed by atoms with Gasteiger partial charge in [0.15, 0.2) is 0 Å². The van der Waals surface area contributed by atoms with E-state index in [2.05, 4.69) is 5.32 Å². The number of nitrogens with one attached hydrogen (secondary N) is 1. The Morgan fingerprint density at radius 2 is 2.00 bits per heavy atom. The number of urea groups is 1. The van der Waals surface area contributed by atoms with Crippen molar-refractivity contribution in [1.29, 1.82) is 0 Å². The van der Waals surface area contributed by atoms with Gasteiger partial charge in [-0.3, -0.25) is 0 Å². The minimum Gasteiger partial charge on any atom is -0.492 e. The van der Waals surface area contributed by atoms with E-state index < -0.39 is 17.8 Å². The van der Waals surface area contributed by atoms with E-state index in [0.717, 1.165) is 25.0 Å². The number of anilines is 1. The van der Waals surface area contributed by atoms with Crippen molar-refractivity contribution in [2.75, 3.05) is 19.0 Å². The van der Waals surface area contributed by atoms with E-state index in [1.165, 1.54) is 11.0 Å². The van der Waals surface area contributed by atoms with Crippen LogP contribution in [0.3, 0.4) is 0 Å². The fraction of sp³-hybridized carbons (Fsp3) is 0.562. The molecule has 130 valence electrons. The summed E-state index contributed by atoms with van der Waals surface area (Å²) in [4.78, 5) is 13.7. The molecule has 0 bridgehead atoms. The lowest BCUT2D eigenvalue weighted by Gasteiger charge is -2.25. The lowest BCUT2D eigenvalue weighted by molar-refractivity contribution is -0.137. The number of amides is 2. The normalized spacial score (nSPS) is 12.7. The number of rotatable bonds is 6. The molecule has 7 heteroatoms. The molecule has 0 saturated heterocycles. The van der Waals surface area contributed by atoms with Crippen LogP contribution < -0.4 is 10.1 Å². The van der Waals surface area contributed by atoms with E-state index in [-0.39, 0.29) is 24.1 Å². The maximum Gasteiger partial charge on any atom is 0.416 e. The minimum absolute atomic E-state index is 0.0126. The number of hydrogen-bond acceptors (Lipinski definition) is 2. The molecule has 0 aliphatic heterocycles. The van der Waals surface area contributed by atoms with Crippen molar-refractivity contribution >= 4 is 11.7 Å². The Labute approximate surface area is 134 Å². The number of carbonyl (C=O) groups is 1. The summed E-state index contributed by atoms with van der Waals surface area (Å²) >= 11 is 0. The minimum atomic E-state index is -4.48.